The molecule has 126 valence electrons. The normalized spacial score (nSPS) is 11.8. The molecule has 0 saturated carbocycles. The number of nitrogens with one attached hydrogen (secondary N) is 1. The summed E-state index contributed by atoms with van der Waals surface area (Å²) in [6, 6.07) is 4.94. The maximum Gasteiger partial charge on any atom is 0.326 e. The predicted octanol–water partition coefficient (Wildman–Crippen LogP) is 3.03. The first-order valence-corrected chi connectivity index (χ1v) is 7.71. The molecule has 2 N–H and O–H groups in total. The molecule has 1 rings (SSSR count). The first kappa shape index (κ1) is 18.7. The van der Waals surface area contributed by atoms with Crippen LogP contribution >= 0.6 is 0 Å². The Balaban J connectivity index is 2.67. The third kappa shape index (κ3) is 6.14. The number of allylic oxidation sites excluding steroid dienone is 1. The number of amides is 1. The zero-order chi connectivity index (χ0) is 17.4. The molecular weight excluding hydrogens is 294 g/mol. The number of aryl methyl sites for hydroxylation is 1. The second-order valence-corrected chi connectivity index (χ2v) is 5.81. The molecule has 0 heterocycles. The van der Waals surface area contributed by atoms with Crippen LogP contribution in [0.3, 0.4) is 0 Å². The standard InChI is InChI=1S/C18H25NO4/c1-5-6-7-15(18(21)22)19-17(20)11-23-16-10-13(4)8-9-14(16)12(2)3/h5,8-10,12,15H,1,6-7,11H2,2-4H3,(H,19,20)(H,21,22). The van der Waals surface area contributed by atoms with Gasteiger partial charge in [-0.15, -0.1) is 6.58 Å². The van der Waals surface area contributed by atoms with Crippen molar-refractivity contribution >= 4 is 11.9 Å². The number of carboxylic acids is 1. The third-order valence-electron chi connectivity index (χ3n) is 3.44. The summed E-state index contributed by atoms with van der Waals surface area (Å²) in [6.07, 6.45) is 2.46. The van der Waals surface area contributed by atoms with Gasteiger partial charge >= 0.3 is 5.97 Å². The van der Waals surface area contributed by atoms with E-state index in [1.165, 1.54) is 0 Å². The number of hydrogen-bond donors (Lipinski definition) is 2. The highest BCUT2D eigenvalue weighted by Crippen LogP contribution is 2.27. The van der Waals surface area contributed by atoms with Gasteiger partial charge in [-0.25, -0.2) is 4.79 Å². The highest BCUT2D eigenvalue weighted by atomic mass is 16.5. The molecule has 5 nitrogen and oxygen atoms in total. The van der Waals surface area contributed by atoms with E-state index >= 15 is 0 Å². The molecule has 0 saturated heterocycles. The Hall–Kier alpha value is -2.30. The molecule has 1 aromatic rings. The molecule has 0 aliphatic heterocycles. The molecule has 5 heteroatoms. The third-order valence-corrected chi connectivity index (χ3v) is 3.44. The molecule has 0 bridgehead atoms. The molecule has 1 aromatic carbocycles. The van der Waals surface area contributed by atoms with Gasteiger partial charge in [-0.05, 0) is 42.9 Å². The van der Waals surface area contributed by atoms with Crippen molar-refractivity contribution in [2.45, 2.75) is 45.6 Å². The summed E-state index contributed by atoms with van der Waals surface area (Å²) in [7, 11) is 0. The minimum Gasteiger partial charge on any atom is -0.483 e. The largest absolute Gasteiger partial charge is 0.483 e. The van der Waals surface area contributed by atoms with Gasteiger partial charge in [0, 0.05) is 0 Å². The average molecular weight is 319 g/mol. The minimum atomic E-state index is -1.06. The lowest BCUT2D eigenvalue weighted by atomic mass is 10.0. The second kappa shape index (κ2) is 8.98. The van der Waals surface area contributed by atoms with Crippen molar-refractivity contribution in [2.24, 2.45) is 0 Å². The van der Waals surface area contributed by atoms with E-state index in [0.29, 0.717) is 18.6 Å². The van der Waals surface area contributed by atoms with Gasteiger partial charge in [0.25, 0.3) is 5.91 Å². The van der Waals surface area contributed by atoms with Gasteiger partial charge in [0.05, 0.1) is 0 Å². The lowest BCUT2D eigenvalue weighted by Crippen LogP contribution is -2.42. The molecule has 0 spiro atoms. The number of ether oxygens (including phenoxy) is 1. The quantitative estimate of drug-likeness (QED) is 0.686. The Morgan fingerprint density at radius 1 is 1.39 bits per heavy atom. The zero-order valence-electron chi connectivity index (χ0n) is 14.0. The molecule has 0 aromatic heterocycles. The second-order valence-electron chi connectivity index (χ2n) is 5.81. The van der Waals surface area contributed by atoms with E-state index in [9.17, 15) is 9.59 Å². The Bertz CT molecular complexity index is 566. The molecule has 1 amide bonds. The number of carbonyl (C=O) groups is 2. The van der Waals surface area contributed by atoms with Crippen LogP contribution in [0.4, 0.5) is 0 Å². The topological polar surface area (TPSA) is 75.6 Å². The van der Waals surface area contributed by atoms with Crippen LogP contribution in [0.2, 0.25) is 0 Å². The van der Waals surface area contributed by atoms with E-state index in [4.69, 9.17) is 9.84 Å². The highest BCUT2D eigenvalue weighted by Gasteiger charge is 2.19. The number of benzene rings is 1. The van der Waals surface area contributed by atoms with Crippen molar-refractivity contribution in [2.75, 3.05) is 6.61 Å². The molecule has 0 radical (unpaired) electrons. The van der Waals surface area contributed by atoms with E-state index in [1.807, 2.05) is 39.0 Å². The number of rotatable bonds is 9. The van der Waals surface area contributed by atoms with Gasteiger partial charge in [-0.3, -0.25) is 4.79 Å². The van der Waals surface area contributed by atoms with Crippen LogP contribution in [0.25, 0.3) is 0 Å². The predicted molar refractivity (Wildman–Crippen MR) is 89.8 cm³/mol. The first-order chi connectivity index (χ1) is 10.8. The van der Waals surface area contributed by atoms with Crippen molar-refractivity contribution < 1.29 is 19.4 Å². The van der Waals surface area contributed by atoms with E-state index in [2.05, 4.69) is 11.9 Å². The van der Waals surface area contributed by atoms with Crippen LogP contribution < -0.4 is 10.1 Å². The van der Waals surface area contributed by atoms with Crippen molar-refractivity contribution in [3.63, 3.8) is 0 Å². The summed E-state index contributed by atoms with van der Waals surface area (Å²) >= 11 is 0. The summed E-state index contributed by atoms with van der Waals surface area (Å²) in [5, 5.41) is 11.6. The van der Waals surface area contributed by atoms with Gasteiger partial charge in [0.1, 0.15) is 11.8 Å². The zero-order valence-corrected chi connectivity index (χ0v) is 14.0. The average Bonchev–Trinajstić information content (AvgIpc) is 2.48. The van der Waals surface area contributed by atoms with E-state index in [0.717, 1.165) is 11.1 Å². The smallest absolute Gasteiger partial charge is 0.326 e. The van der Waals surface area contributed by atoms with Gasteiger partial charge in [-0.2, -0.15) is 0 Å². The van der Waals surface area contributed by atoms with E-state index < -0.39 is 17.9 Å². The maximum atomic E-state index is 11.9. The molecule has 23 heavy (non-hydrogen) atoms. The first-order valence-electron chi connectivity index (χ1n) is 7.71. The Morgan fingerprint density at radius 2 is 2.09 bits per heavy atom. The minimum absolute atomic E-state index is 0.207. The Labute approximate surface area is 137 Å². The molecule has 0 aliphatic carbocycles. The Morgan fingerprint density at radius 3 is 2.65 bits per heavy atom. The van der Waals surface area contributed by atoms with Crippen LogP contribution in [0.1, 0.15) is 43.7 Å². The summed E-state index contributed by atoms with van der Waals surface area (Å²) in [6.45, 7) is 9.39. The monoisotopic (exact) mass is 319 g/mol. The van der Waals surface area contributed by atoms with Crippen molar-refractivity contribution in [1.29, 1.82) is 0 Å². The van der Waals surface area contributed by atoms with Crippen LogP contribution in [0, 0.1) is 6.92 Å². The molecule has 0 fully saturated rings. The molecular formula is C18H25NO4. The van der Waals surface area contributed by atoms with Crippen molar-refractivity contribution in [3.8, 4) is 5.75 Å². The van der Waals surface area contributed by atoms with Gasteiger partial charge in [0.2, 0.25) is 0 Å². The number of carboxylic acid groups (broad SMARTS) is 1. The van der Waals surface area contributed by atoms with Crippen molar-refractivity contribution in [3.05, 3.63) is 42.0 Å². The van der Waals surface area contributed by atoms with Gasteiger partial charge in [-0.1, -0.05) is 32.1 Å². The highest BCUT2D eigenvalue weighted by molar-refractivity contribution is 5.84. The number of hydrogen-bond acceptors (Lipinski definition) is 3. The maximum absolute atomic E-state index is 11.9. The fourth-order valence-electron chi connectivity index (χ4n) is 2.16. The molecule has 1 atom stereocenters. The van der Waals surface area contributed by atoms with Crippen LogP contribution in [0.5, 0.6) is 5.75 Å². The van der Waals surface area contributed by atoms with Gasteiger partial charge < -0.3 is 15.2 Å². The van der Waals surface area contributed by atoms with Gasteiger partial charge in [0.15, 0.2) is 6.61 Å². The fraction of sp³-hybridized carbons (Fsp3) is 0.444. The summed E-state index contributed by atoms with van der Waals surface area (Å²) < 4.78 is 5.60. The Kier molecular flexibility index (Phi) is 7.32. The van der Waals surface area contributed by atoms with Crippen LogP contribution in [-0.2, 0) is 9.59 Å². The van der Waals surface area contributed by atoms with Crippen LogP contribution in [0.15, 0.2) is 30.9 Å². The van der Waals surface area contributed by atoms with E-state index in [1.54, 1.807) is 6.08 Å². The number of carbonyl (C=O) groups excluding carboxylic acids is 1. The number of aliphatic carboxylic acids is 1. The summed E-state index contributed by atoms with van der Waals surface area (Å²) in [4.78, 5) is 23.0. The fourth-order valence-corrected chi connectivity index (χ4v) is 2.16. The lowest BCUT2D eigenvalue weighted by Gasteiger charge is -2.16. The lowest BCUT2D eigenvalue weighted by molar-refractivity contribution is -0.142. The summed E-state index contributed by atoms with van der Waals surface area (Å²) in [5.74, 6) is -0.572. The van der Waals surface area contributed by atoms with Crippen LogP contribution in [-0.4, -0.2) is 29.6 Å². The molecule has 0 aliphatic rings. The SMILES string of the molecule is C=CCCC(NC(=O)COc1cc(C)ccc1C(C)C)C(=O)O. The summed E-state index contributed by atoms with van der Waals surface area (Å²) in [5.41, 5.74) is 2.06. The van der Waals surface area contributed by atoms with Crippen molar-refractivity contribution in [1.82, 2.24) is 5.32 Å². The molecule has 1 unspecified atom stereocenters. The van der Waals surface area contributed by atoms with E-state index in [-0.39, 0.29) is 12.5 Å².